The van der Waals surface area contributed by atoms with Crippen molar-refractivity contribution in [2.75, 3.05) is 18.0 Å². The molecular weight excluding hydrogens is 288 g/mol. The van der Waals surface area contributed by atoms with Gasteiger partial charge in [0.05, 0.1) is 0 Å². The average Bonchev–Trinajstić information content (AvgIpc) is 3.08. The van der Waals surface area contributed by atoms with Crippen LogP contribution in [0.2, 0.25) is 0 Å². The molecule has 2 aromatic heterocycles. The highest BCUT2D eigenvalue weighted by molar-refractivity contribution is 5.76. The second kappa shape index (κ2) is 5.00. The van der Waals surface area contributed by atoms with Gasteiger partial charge in [-0.25, -0.2) is 9.36 Å². The van der Waals surface area contributed by atoms with Gasteiger partial charge in [0.25, 0.3) is 5.56 Å². The van der Waals surface area contributed by atoms with Gasteiger partial charge < -0.3 is 15.2 Å². The Morgan fingerprint density at radius 2 is 1.82 bits per heavy atom. The van der Waals surface area contributed by atoms with Crippen molar-refractivity contribution in [3.63, 3.8) is 0 Å². The Kier molecular flexibility index (Phi) is 3.27. The molecule has 3 rings (SSSR count). The zero-order chi connectivity index (χ0) is 16.0. The number of rotatable bonds is 3. The molecule has 0 spiro atoms. The van der Waals surface area contributed by atoms with Crippen LogP contribution in [-0.2, 0) is 25.4 Å². The first-order chi connectivity index (χ1) is 10.4. The molecule has 2 N–H and O–H groups in total. The standard InChI is InChI=1S/C13H18N6O3/c1-16-9-10(15-12(16)18-5-3-4-6-18)17(2)13(22)19(11(9)21)7-8(14)20/h3-7H2,1-2H3,(H2,14,20). The lowest BCUT2D eigenvalue weighted by Gasteiger charge is -2.15. The molecule has 0 atom stereocenters. The maximum absolute atomic E-state index is 12.5. The summed E-state index contributed by atoms with van der Waals surface area (Å²) >= 11 is 0. The van der Waals surface area contributed by atoms with Crippen LogP contribution in [0.4, 0.5) is 5.95 Å². The van der Waals surface area contributed by atoms with Crippen molar-refractivity contribution in [2.24, 2.45) is 19.8 Å². The molecule has 0 radical (unpaired) electrons. The first-order valence-electron chi connectivity index (χ1n) is 7.11. The molecule has 1 fully saturated rings. The predicted molar refractivity (Wildman–Crippen MR) is 80.9 cm³/mol. The van der Waals surface area contributed by atoms with E-state index in [4.69, 9.17) is 5.73 Å². The van der Waals surface area contributed by atoms with Gasteiger partial charge in [-0.05, 0) is 12.8 Å². The van der Waals surface area contributed by atoms with E-state index in [1.807, 2.05) is 0 Å². The second-order valence-electron chi connectivity index (χ2n) is 5.54. The van der Waals surface area contributed by atoms with Crippen LogP contribution in [0.5, 0.6) is 0 Å². The van der Waals surface area contributed by atoms with E-state index in [1.165, 1.54) is 11.6 Å². The molecule has 1 aliphatic rings. The Morgan fingerprint density at radius 3 is 2.41 bits per heavy atom. The highest BCUT2D eigenvalue weighted by Gasteiger charge is 2.23. The van der Waals surface area contributed by atoms with Gasteiger partial charge in [0, 0.05) is 27.2 Å². The van der Waals surface area contributed by atoms with Gasteiger partial charge in [-0.3, -0.25) is 14.2 Å². The summed E-state index contributed by atoms with van der Waals surface area (Å²) in [6, 6.07) is 0. The van der Waals surface area contributed by atoms with Gasteiger partial charge in [0.15, 0.2) is 11.2 Å². The number of anilines is 1. The Bertz CT molecular complexity index is 868. The molecule has 118 valence electrons. The van der Waals surface area contributed by atoms with Crippen LogP contribution in [-0.4, -0.2) is 37.7 Å². The van der Waals surface area contributed by atoms with E-state index in [0.717, 1.165) is 30.5 Å². The Morgan fingerprint density at radius 1 is 1.18 bits per heavy atom. The zero-order valence-electron chi connectivity index (χ0n) is 12.6. The van der Waals surface area contributed by atoms with Crippen molar-refractivity contribution in [2.45, 2.75) is 19.4 Å². The number of aromatic nitrogens is 4. The number of carbonyl (C=O) groups excluding carboxylic acids is 1. The Balaban J connectivity index is 2.31. The third-order valence-electron chi connectivity index (χ3n) is 4.04. The van der Waals surface area contributed by atoms with E-state index < -0.39 is 23.7 Å². The van der Waals surface area contributed by atoms with Gasteiger partial charge in [-0.15, -0.1) is 0 Å². The number of fused-ring (bicyclic) bond motifs is 1. The second-order valence-corrected chi connectivity index (χ2v) is 5.54. The van der Waals surface area contributed by atoms with Crippen LogP contribution in [0.1, 0.15) is 12.8 Å². The van der Waals surface area contributed by atoms with E-state index >= 15 is 0 Å². The number of hydrogen-bond acceptors (Lipinski definition) is 5. The Labute approximate surface area is 125 Å². The minimum atomic E-state index is -0.736. The van der Waals surface area contributed by atoms with E-state index in [-0.39, 0.29) is 0 Å². The molecule has 1 amide bonds. The molecular formula is C13H18N6O3. The van der Waals surface area contributed by atoms with Crippen LogP contribution in [0.15, 0.2) is 9.59 Å². The van der Waals surface area contributed by atoms with Gasteiger partial charge in [0.1, 0.15) is 6.54 Å². The Hall–Kier alpha value is -2.58. The lowest BCUT2D eigenvalue weighted by Crippen LogP contribution is -2.42. The summed E-state index contributed by atoms with van der Waals surface area (Å²) in [5, 5.41) is 0. The van der Waals surface area contributed by atoms with Crippen LogP contribution in [0.25, 0.3) is 11.2 Å². The third kappa shape index (κ3) is 2.00. The molecule has 22 heavy (non-hydrogen) atoms. The van der Waals surface area contributed by atoms with E-state index in [9.17, 15) is 14.4 Å². The number of amides is 1. The fraction of sp³-hybridized carbons (Fsp3) is 0.538. The van der Waals surface area contributed by atoms with Crippen LogP contribution in [0.3, 0.4) is 0 Å². The number of carbonyl (C=O) groups is 1. The van der Waals surface area contributed by atoms with Crippen molar-refractivity contribution < 1.29 is 4.79 Å². The minimum Gasteiger partial charge on any atom is -0.368 e. The summed E-state index contributed by atoms with van der Waals surface area (Å²) < 4.78 is 3.80. The maximum Gasteiger partial charge on any atom is 0.332 e. The van der Waals surface area contributed by atoms with E-state index in [0.29, 0.717) is 17.1 Å². The quantitative estimate of drug-likeness (QED) is 0.744. The topological polar surface area (TPSA) is 108 Å². The summed E-state index contributed by atoms with van der Waals surface area (Å²) in [5.41, 5.74) is 4.60. The largest absolute Gasteiger partial charge is 0.368 e. The van der Waals surface area contributed by atoms with Gasteiger partial charge in [0.2, 0.25) is 11.9 Å². The number of primary amides is 1. The van der Waals surface area contributed by atoms with E-state index in [1.54, 1.807) is 11.6 Å². The number of nitrogens with two attached hydrogens (primary N) is 1. The van der Waals surface area contributed by atoms with Crippen LogP contribution < -0.4 is 21.9 Å². The molecule has 0 saturated carbocycles. The fourth-order valence-corrected chi connectivity index (χ4v) is 2.93. The highest BCUT2D eigenvalue weighted by Crippen LogP contribution is 2.21. The molecule has 0 aliphatic carbocycles. The first kappa shape index (κ1) is 14.4. The number of hydrogen-bond donors (Lipinski definition) is 1. The molecule has 0 bridgehead atoms. The van der Waals surface area contributed by atoms with Crippen LogP contribution >= 0.6 is 0 Å². The van der Waals surface area contributed by atoms with Crippen molar-refractivity contribution in [3.8, 4) is 0 Å². The third-order valence-corrected chi connectivity index (χ3v) is 4.04. The predicted octanol–water partition coefficient (Wildman–Crippen LogP) is -1.48. The molecule has 1 aliphatic heterocycles. The summed E-state index contributed by atoms with van der Waals surface area (Å²) in [6.07, 6.45) is 2.15. The smallest absolute Gasteiger partial charge is 0.332 e. The molecule has 9 heteroatoms. The molecule has 0 unspecified atom stereocenters. The molecule has 3 heterocycles. The van der Waals surface area contributed by atoms with Gasteiger partial charge in [-0.1, -0.05) is 0 Å². The summed E-state index contributed by atoms with van der Waals surface area (Å²) in [7, 11) is 3.27. The molecule has 1 saturated heterocycles. The summed E-state index contributed by atoms with van der Waals surface area (Å²) in [6.45, 7) is 1.31. The minimum absolute atomic E-state index is 0.297. The lowest BCUT2D eigenvalue weighted by molar-refractivity contribution is -0.118. The highest BCUT2D eigenvalue weighted by atomic mass is 16.2. The number of nitrogens with zero attached hydrogens (tertiary/aromatic N) is 5. The van der Waals surface area contributed by atoms with Gasteiger partial charge >= 0.3 is 5.69 Å². The molecule has 9 nitrogen and oxygen atoms in total. The molecule has 2 aromatic rings. The van der Waals surface area contributed by atoms with Gasteiger partial charge in [-0.2, -0.15) is 4.98 Å². The van der Waals surface area contributed by atoms with Crippen molar-refractivity contribution in [3.05, 3.63) is 20.8 Å². The maximum atomic E-state index is 12.5. The molecule has 0 aromatic carbocycles. The number of aryl methyl sites for hydroxylation is 2. The normalized spacial score (nSPS) is 14.9. The lowest BCUT2D eigenvalue weighted by atomic mass is 10.4. The fourth-order valence-electron chi connectivity index (χ4n) is 2.93. The van der Waals surface area contributed by atoms with Crippen LogP contribution in [0, 0.1) is 0 Å². The summed E-state index contributed by atoms with van der Waals surface area (Å²) in [4.78, 5) is 42.4. The first-order valence-corrected chi connectivity index (χ1v) is 7.11. The SMILES string of the molecule is Cn1c(N2CCCC2)nc2c1c(=O)n(CC(N)=O)c(=O)n2C. The van der Waals surface area contributed by atoms with Crippen molar-refractivity contribution >= 4 is 23.0 Å². The average molecular weight is 306 g/mol. The summed E-state index contributed by atoms with van der Waals surface area (Å²) in [5.74, 6) is -0.0723. The number of imidazole rings is 1. The monoisotopic (exact) mass is 306 g/mol. The van der Waals surface area contributed by atoms with E-state index in [2.05, 4.69) is 9.88 Å². The zero-order valence-corrected chi connectivity index (χ0v) is 12.6. The van der Waals surface area contributed by atoms with Crippen molar-refractivity contribution in [1.29, 1.82) is 0 Å². The van der Waals surface area contributed by atoms with Crippen molar-refractivity contribution in [1.82, 2.24) is 18.7 Å².